The Morgan fingerprint density at radius 1 is 1.21 bits per heavy atom. The number of likely N-dealkylation sites (tertiary alicyclic amines) is 1. The van der Waals surface area contributed by atoms with E-state index in [1.165, 1.54) is 0 Å². The van der Waals surface area contributed by atoms with Crippen molar-refractivity contribution in [2.75, 3.05) is 13.1 Å². The monoisotopic (exact) mass is 321 g/mol. The van der Waals surface area contributed by atoms with Gasteiger partial charge in [0.25, 0.3) is 5.91 Å². The zero-order valence-electron chi connectivity index (χ0n) is 13.6. The first-order chi connectivity index (χ1) is 11.7. The number of hydrogen-bond acceptors (Lipinski definition) is 4. The summed E-state index contributed by atoms with van der Waals surface area (Å²) in [6.07, 6.45) is 3.45. The highest BCUT2D eigenvalue weighted by atomic mass is 16.5. The molecule has 0 atom stereocenters. The van der Waals surface area contributed by atoms with Crippen LogP contribution in [0.3, 0.4) is 0 Å². The number of aromatic nitrogens is 1. The van der Waals surface area contributed by atoms with E-state index in [0.29, 0.717) is 24.2 Å². The van der Waals surface area contributed by atoms with Crippen molar-refractivity contribution in [3.63, 3.8) is 0 Å². The van der Waals surface area contributed by atoms with Gasteiger partial charge >= 0.3 is 0 Å². The van der Waals surface area contributed by atoms with Crippen molar-refractivity contribution in [1.29, 1.82) is 5.26 Å². The van der Waals surface area contributed by atoms with Gasteiger partial charge in [-0.15, -0.1) is 0 Å². The molecule has 1 aromatic carbocycles. The predicted octanol–water partition coefficient (Wildman–Crippen LogP) is 2.95. The number of nitrogens with zero attached hydrogens (tertiary/aromatic N) is 3. The second kappa shape index (κ2) is 7.14. The molecule has 0 N–H and O–H groups in total. The van der Waals surface area contributed by atoms with E-state index in [1.807, 2.05) is 24.0 Å². The first kappa shape index (κ1) is 16.0. The number of amides is 1. The van der Waals surface area contributed by atoms with Crippen LogP contribution >= 0.6 is 0 Å². The van der Waals surface area contributed by atoms with Gasteiger partial charge in [-0.2, -0.15) is 5.26 Å². The Morgan fingerprint density at radius 3 is 2.50 bits per heavy atom. The topological polar surface area (TPSA) is 66.2 Å². The lowest BCUT2D eigenvalue weighted by Gasteiger charge is -2.32. The molecule has 1 aliphatic rings. The number of aryl methyl sites for hydroxylation is 1. The second-order valence-electron chi connectivity index (χ2n) is 5.93. The smallest absolute Gasteiger partial charge is 0.253 e. The van der Waals surface area contributed by atoms with E-state index in [-0.39, 0.29) is 12.0 Å². The Labute approximate surface area is 141 Å². The molecule has 3 rings (SSSR count). The molecule has 24 heavy (non-hydrogen) atoms. The largest absolute Gasteiger partial charge is 0.489 e. The molecule has 0 bridgehead atoms. The summed E-state index contributed by atoms with van der Waals surface area (Å²) in [6, 6.07) is 12.7. The first-order valence-electron chi connectivity index (χ1n) is 8.04. The average Bonchev–Trinajstić information content (AvgIpc) is 2.64. The highest BCUT2D eigenvalue weighted by Gasteiger charge is 2.24. The molecule has 1 fully saturated rings. The van der Waals surface area contributed by atoms with Gasteiger partial charge in [0, 0.05) is 37.2 Å². The molecule has 5 heteroatoms. The van der Waals surface area contributed by atoms with Gasteiger partial charge in [0.1, 0.15) is 11.9 Å². The third-order valence-corrected chi connectivity index (χ3v) is 4.18. The van der Waals surface area contributed by atoms with Crippen molar-refractivity contribution in [2.45, 2.75) is 25.9 Å². The number of rotatable bonds is 3. The lowest BCUT2D eigenvalue weighted by molar-refractivity contribution is 0.0595. The van der Waals surface area contributed by atoms with Gasteiger partial charge in [0.15, 0.2) is 0 Å². The van der Waals surface area contributed by atoms with E-state index in [9.17, 15) is 4.79 Å². The number of ether oxygens (including phenoxy) is 1. The van der Waals surface area contributed by atoms with Crippen molar-refractivity contribution in [3.05, 3.63) is 59.4 Å². The minimum atomic E-state index is 0.00921. The van der Waals surface area contributed by atoms with Gasteiger partial charge in [0.2, 0.25) is 0 Å². The minimum absolute atomic E-state index is 0.00921. The molecule has 1 saturated heterocycles. The van der Waals surface area contributed by atoms with E-state index in [1.54, 1.807) is 30.5 Å². The molecule has 1 amide bonds. The fraction of sp³-hybridized carbons (Fsp3) is 0.316. The Bertz CT molecular complexity index is 740. The zero-order chi connectivity index (χ0) is 16.9. The van der Waals surface area contributed by atoms with Crippen LogP contribution < -0.4 is 4.74 Å². The van der Waals surface area contributed by atoms with E-state index in [0.717, 1.165) is 24.3 Å². The van der Waals surface area contributed by atoms with Crippen molar-refractivity contribution in [2.24, 2.45) is 0 Å². The molecule has 1 aliphatic heterocycles. The van der Waals surface area contributed by atoms with Crippen LogP contribution in [0.1, 0.15) is 34.5 Å². The van der Waals surface area contributed by atoms with Crippen molar-refractivity contribution in [1.82, 2.24) is 9.88 Å². The van der Waals surface area contributed by atoms with Gasteiger partial charge in [-0.25, -0.2) is 0 Å². The molecule has 1 aromatic heterocycles. The minimum Gasteiger partial charge on any atom is -0.489 e. The molecule has 0 unspecified atom stereocenters. The van der Waals surface area contributed by atoms with E-state index < -0.39 is 0 Å². The second-order valence-corrected chi connectivity index (χ2v) is 5.93. The van der Waals surface area contributed by atoms with E-state index in [2.05, 4.69) is 11.1 Å². The highest BCUT2D eigenvalue weighted by Crippen LogP contribution is 2.20. The molecule has 5 nitrogen and oxygen atoms in total. The van der Waals surface area contributed by atoms with Gasteiger partial charge in [-0.1, -0.05) is 0 Å². The third kappa shape index (κ3) is 3.72. The SMILES string of the molecule is Cc1ccc(OC2CCN(C(=O)c3ccc(C#N)cc3)CC2)cn1. The molecular formula is C19H19N3O2. The fourth-order valence-corrected chi connectivity index (χ4v) is 2.76. The molecule has 2 aromatic rings. The molecule has 0 radical (unpaired) electrons. The summed E-state index contributed by atoms with van der Waals surface area (Å²) in [7, 11) is 0. The summed E-state index contributed by atoms with van der Waals surface area (Å²) in [4.78, 5) is 18.6. The Kier molecular flexibility index (Phi) is 4.76. The molecule has 2 heterocycles. The summed E-state index contributed by atoms with van der Waals surface area (Å²) in [6.45, 7) is 3.28. The van der Waals surface area contributed by atoms with Crippen molar-refractivity contribution >= 4 is 5.91 Å². The van der Waals surface area contributed by atoms with Crippen LogP contribution in [0.4, 0.5) is 0 Å². The summed E-state index contributed by atoms with van der Waals surface area (Å²) in [5, 5.41) is 8.82. The summed E-state index contributed by atoms with van der Waals surface area (Å²) >= 11 is 0. The quantitative estimate of drug-likeness (QED) is 0.872. The Balaban J connectivity index is 1.55. The summed E-state index contributed by atoms with van der Waals surface area (Å²) in [5.74, 6) is 0.785. The van der Waals surface area contributed by atoms with Gasteiger partial charge in [-0.3, -0.25) is 9.78 Å². The Hall–Kier alpha value is -2.87. The van der Waals surface area contributed by atoms with Gasteiger partial charge < -0.3 is 9.64 Å². The lowest BCUT2D eigenvalue weighted by Crippen LogP contribution is -2.41. The maximum atomic E-state index is 12.5. The number of nitriles is 1. The number of carbonyl (C=O) groups excluding carboxylic acids is 1. The number of hydrogen-bond donors (Lipinski definition) is 0. The summed E-state index contributed by atoms with van der Waals surface area (Å²) in [5.41, 5.74) is 2.15. The first-order valence-corrected chi connectivity index (χ1v) is 8.04. The van der Waals surface area contributed by atoms with E-state index in [4.69, 9.17) is 10.00 Å². The zero-order valence-corrected chi connectivity index (χ0v) is 13.6. The number of carbonyl (C=O) groups is 1. The fourth-order valence-electron chi connectivity index (χ4n) is 2.76. The number of benzene rings is 1. The standard InChI is InChI=1S/C19H19N3O2/c1-14-2-7-18(13-21-14)24-17-8-10-22(11-9-17)19(23)16-5-3-15(12-20)4-6-16/h2-7,13,17H,8-11H2,1H3. The maximum absolute atomic E-state index is 12.5. The van der Waals surface area contributed by atoms with Crippen LogP contribution in [-0.2, 0) is 0 Å². The summed E-state index contributed by atoms with van der Waals surface area (Å²) < 4.78 is 5.94. The van der Waals surface area contributed by atoms with Crippen LogP contribution in [0.5, 0.6) is 5.75 Å². The lowest BCUT2D eigenvalue weighted by atomic mass is 10.1. The number of piperidine rings is 1. The number of pyridine rings is 1. The van der Waals surface area contributed by atoms with Gasteiger partial charge in [-0.05, 0) is 43.3 Å². The normalized spacial score (nSPS) is 14.9. The molecule has 0 spiro atoms. The Morgan fingerprint density at radius 2 is 1.92 bits per heavy atom. The highest BCUT2D eigenvalue weighted by molar-refractivity contribution is 5.94. The molecule has 0 saturated carbocycles. The van der Waals surface area contributed by atoms with Crippen LogP contribution in [0.15, 0.2) is 42.6 Å². The molecular weight excluding hydrogens is 302 g/mol. The van der Waals surface area contributed by atoms with Crippen molar-refractivity contribution in [3.8, 4) is 11.8 Å². The van der Waals surface area contributed by atoms with Crippen LogP contribution in [0.25, 0.3) is 0 Å². The van der Waals surface area contributed by atoms with Gasteiger partial charge in [0.05, 0.1) is 17.8 Å². The van der Waals surface area contributed by atoms with Crippen LogP contribution in [0, 0.1) is 18.3 Å². The van der Waals surface area contributed by atoms with Crippen molar-refractivity contribution < 1.29 is 9.53 Å². The maximum Gasteiger partial charge on any atom is 0.253 e. The predicted molar refractivity (Wildman–Crippen MR) is 89.7 cm³/mol. The molecule has 122 valence electrons. The van der Waals surface area contributed by atoms with Crippen LogP contribution in [-0.4, -0.2) is 35.0 Å². The molecule has 0 aliphatic carbocycles. The van der Waals surface area contributed by atoms with E-state index >= 15 is 0 Å². The third-order valence-electron chi connectivity index (χ3n) is 4.18. The van der Waals surface area contributed by atoms with Crippen LogP contribution in [0.2, 0.25) is 0 Å². The average molecular weight is 321 g/mol.